The van der Waals surface area contributed by atoms with Gasteiger partial charge in [0.15, 0.2) is 0 Å². The lowest BCUT2D eigenvalue weighted by molar-refractivity contribution is 0.0724. The second-order valence-corrected chi connectivity index (χ2v) is 6.98. The second kappa shape index (κ2) is 7.49. The average molecular weight is 369 g/mol. The van der Waals surface area contributed by atoms with E-state index in [2.05, 4.69) is 4.98 Å². The summed E-state index contributed by atoms with van der Waals surface area (Å²) in [6, 6.07) is 4.87. The van der Waals surface area contributed by atoms with Gasteiger partial charge in [0, 0.05) is 30.2 Å². The molecule has 1 aliphatic heterocycles. The Bertz CT molecular complexity index is 766. The highest BCUT2D eigenvalue weighted by molar-refractivity contribution is 7.99. The molecule has 1 aliphatic rings. The highest BCUT2D eigenvalue weighted by Crippen LogP contribution is 2.33. The van der Waals surface area contributed by atoms with Gasteiger partial charge in [0.1, 0.15) is 16.7 Å². The van der Waals surface area contributed by atoms with Gasteiger partial charge in [-0.2, -0.15) is 0 Å². The van der Waals surface area contributed by atoms with Gasteiger partial charge in [-0.1, -0.05) is 23.4 Å². The van der Waals surface area contributed by atoms with Crippen LogP contribution in [0.3, 0.4) is 0 Å². The Balaban J connectivity index is 1.78. The van der Waals surface area contributed by atoms with Gasteiger partial charge in [0.2, 0.25) is 0 Å². The van der Waals surface area contributed by atoms with Crippen molar-refractivity contribution < 1.29 is 13.6 Å². The van der Waals surface area contributed by atoms with E-state index in [4.69, 9.17) is 11.6 Å². The first-order valence-electron chi connectivity index (χ1n) is 7.62. The molecular formula is C17H15ClF2N2OS. The molecule has 3 rings (SSSR count). The Kier molecular flexibility index (Phi) is 5.36. The summed E-state index contributed by atoms with van der Waals surface area (Å²) in [6.45, 7) is 1.49. The number of halogens is 3. The van der Waals surface area contributed by atoms with Crippen LogP contribution in [0.25, 0.3) is 0 Å². The van der Waals surface area contributed by atoms with Crippen LogP contribution in [0.5, 0.6) is 0 Å². The summed E-state index contributed by atoms with van der Waals surface area (Å²) in [4.78, 5) is 18.6. The van der Waals surface area contributed by atoms with Gasteiger partial charge in [-0.25, -0.2) is 13.8 Å². The number of piperidine rings is 1. The monoisotopic (exact) mass is 368 g/mol. The molecule has 0 aliphatic carbocycles. The molecule has 2 heterocycles. The van der Waals surface area contributed by atoms with Crippen molar-refractivity contribution in [2.75, 3.05) is 13.1 Å². The van der Waals surface area contributed by atoms with E-state index < -0.39 is 11.6 Å². The molecule has 0 unspecified atom stereocenters. The van der Waals surface area contributed by atoms with E-state index in [1.54, 1.807) is 11.0 Å². The third kappa shape index (κ3) is 3.87. The van der Waals surface area contributed by atoms with E-state index in [0.717, 1.165) is 50.2 Å². The zero-order chi connectivity index (χ0) is 17.1. The highest BCUT2D eigenvalue weighted by Gasteiger charge is 2.20. The Morgan fingerprint density at radius 3 is 2.58 bits per heavy atom. The molecule has 3 nitrogen and oxygen atoms in total. The molecule has 0 spiro atoms. The van der Waals surface area contributed by atoms with Crippen LogP contribution in [0, 0.1) is 11.6 Å². The minimum atomic E-state index is -0.675. The first-order chi connectivity index (χ1) is 11.5. The zero-order valence-corrected chi connectivity index (χ0v) is 14.3. The zero-order valence-electron chi connectivity index (χ0n) is 12.8. The highest BCUT2D eigenvalue weighted by atomic mass is 35.5. The second-order valence-electron chi connectivity index (χ2n) is 5.54. The molecule has 0 radical (unpaired) electrons. The van der Waals surface area contributed by atoms with Crippen molar-refractivity contribution >= 4 is 29.3 Å². The lowest BCUT2D eigenvalue weighted by Gasteiger charge is -2.26. The molecule has 0 bridgehead atoms. The molecule has 1 aromatic heterocycles. The Labute approximate surface area is 148 Å². The molecule has 1 fully saturated rings. The molecule has 0 N–H and O–H groups in total. The lowest BCUT2D eigenvalue weighted by Crippen LogP contribution is -2.35. The van der Waals surface area contributed by atoms with Crippen LogP contribution < -0.4 is 0 Å². The van der Waals surface area contributed by atoms with Gasteiger partial charge in [-0.05, 0) is 37.5 Å². The minimum Gasteiger partial charge on any atom is -0.339 e. The lowest BCUT2D eigenvalue weighted by atomic mass is 10.1. The fourth-order valence-corrected chi connectivity index (χ4v) is 3.60. The Morgan fingerprint density at radius 2 is 1.92 bits per heavy atom. The van der Waals surface area contributed by atoms with E-state index in [0.29, 0.717) is 10.6 Å². The molecule has 1 aromatic carbocycles. The SMILES string of the molecule is O=C(c1cnc(Sc2ccc(F)cc2F)c(Cl)c1)N1CCCCC1. The van der Waals surface area contributed by atoms with Crippen molar-refractivity contribution in [2.24, 2.45) is 0 Å². The third-order valence-electron chi connectivity index (χ3n) is 3.80. The van der Waals surface area contributed by atoms with Crippen LogP contribution in [0.2, 0.25) is 5.02 Å². The fourth-order valence-electron chi connectivity index (χ4n) is 2.56. The van der Waals surface area contributed by atoms with Crippen molar-refractivity contribution in [3.8, 4) is 0 Å². The topological polar surface area (TPSA) is 33.2 Å². The number of amides is 1. The molecule has 0 atom stereocenters. The summed E-state index contributed by atoms with van der Waals surface area (Å²) in [5.74, 6) is -1.40. The van der Waals surface area contributed by atoms with Gasteiger partial charge < -0.3 is 4.90 Å². The number of nitrogens with zero attached hydrogens (tertiary/aromatic N) is 2. The van der Waals surface area contributed by atoms with E-state index >= 15 is 0 Å². The average Bonchev–Trinajstić information content (AvgIpc) is 2.59. The molecule has 2 aromatic rings. The number of pyridine rings is 1. The number of carbonyl (C=O) groups is 1. The predicted octanol–water partition coefficient (Wildman–Crippen LogP) is 4.79. The summed E-state index contributed by atoms with van der Waals surface area (Å²) >= 11 is 7.19. The number of rotatable bonds is 3. The fraction of sp³-hybridized carbons (Fsp3) is 0.294. The number of likely N-dealkylation sites (tertiary alicyclic amines) is 1. The van der Waals surface area contributed by atoms with Crippen LogP contribution in [-0.2, 0) is 0 Å². The number of aromatic nitrogens is 1. The Hall–Kier alpha value is -1.66. The van der Waals surface area contributed by atoms with E-state index in [-0.39, 0.29) is 15.8 Å². The van der Waals surface area contributed by atoms with E-state index in [1.807, 2.05) is 0 Å². The molecule has 7 heteroatoms. The van der Waals surface area contributed by atoms with Gasteiger partial charge in [0.25, 0.3) is 5.91 Å². The van der Waals surface area contributed by atoms with Crippen LogP contribution >= 0.6 is 23.4 Å². The van der Waals surface area contributed by atoms with E-state index in [1.165, 1.54) is 18.3 Å². The van der Waals surface area contributed by atoms with Crippen molar-refractivity contribution in [3.63, 3.8) is 0 Å². The van der Waals surface area contributed by atoms with Crippen molar-refractivity contribution in [3.05, 3.63) is 52.7 Å². The van der Waals surface area contributed by atoms with Gasteiger partial charge in [-0.15, -0.1) is 0 Å². The Morgan fingerprint density at radius 1 is 1.17 bits per heavy atom. The van der Waals surface area contributed by atoms with Crippen LogP contribution in [0.4, 0.5) is 8.78 Å². The van der Waals surface area contributed by atoms with Crippen molar-refractivity contribution in [1.29, 1.82) is 0 Å². The van der Waals surface area contributed by atoms with Crippen molar-refractivity contribution in [1.82, 2.24) is 9.88 Å². The predicted molar refractivity (Wildman–Crippen MR) is 89.5 cm³/mol. The number of carbonyl (C=O) groups excluding carboxylic acids is 1. The van der Waals surface area contributed by atoms with Crippen molar-refractivity contribution in [2.45, 2.75) is 29.2 Å². The quantitative estimate of drug-likeness (QED) is 0.780. The standard InChI is InChI=1S/C17H15ClF2N2OS/c18-13-8-11(17(23)22-6-2-1-3-7-22)10-21-16(13)24-15-5-4-12(19)9-14(15)20/h4-5,8-10H,1-3,6-7H2. The maximum absolute atomic E-state index is 13.7. The van der Waals surface area contributed by atoms with Gasteiger partial charge >= 0.3 is 0 Å². The largest absolute Gasteiger partial charge is 0.339 e. The molecule has 126 valence electrons. The first-order valence-corrected chi connectivity index (χ1v) is 8.82. The van der Waals surface area contributed by atoms with Gasteiger partial charge in [-0.3, -0.25) is 4.79 Å². The van der Waals surface area contributed by atoms with E-state index in [9.17, 15) is 13.6 Å². The van der Waals surface area contributed by atoms with Crippen LogP contribution in [-0.4, -0.2) is 28.9 Å². The molecule has 24 heavy (non-hydrogen) atoms. The molecule has 1 saturated heterocycles. The molecule has 0 saturated carbocycles. The summed E-state index contributed by atoms with van der Waals surface area (Å²) < 4.78 is 26.7. The first kappa shape index (κ1) is 17.2. The third-order valence-corrected chi connectivity index (χ3v) is 5.27. The normalized spacial score (nSPS) is 14.7. The smallest absolute Gasteiger partial charge is 0.255 e. The minimum absolute atomic E-state index is 0.0892. The molecular weight excluding hydrogens is 354 g/mol. The summed E-state index contributed by atoms with van der Waals surface area (Å²) in [5.41, 5.74) is 0.422. The summed E-state index contributed by atoms with van der Waals surface area (Å²) in [6.07, 6.45) is 4.60. The van der Waals surface area contributed by atoms with Crippen LogP contribution in [0.15, 0.2) is 40.4 Å². The maximum atomic E-state index is 13.7. The summed E-state index contributed by atoms with van der Waals surface area (Å²) in [5, 5.41) is 0.643. The van der Waals surface area contributed by atoms with Gasteiger partial charge in [0.05, 0.1) is 10.6 Å². The molecule has 1 amide bonds. The number of benzene rings is 1. The summed E-state index contributed by atoms with van der Waals surface area (Å²) in [7, 11) is 0. The maximum Gasteiger partial charge on any atom is 0.255 e. The number of hydrogen-bond donors (Lipinski definition) is 0. The number of hydrogen-bond acceptors (Lipinski definition) is 3. The van der Waals surface area contributed by atoms with Crippen LogP contribution in [0.1, 0.15) is 29.6 Å².